The molecule has 0 heterocycles. The monoisotopic (exact) mass is 632 g/mol. The number of esters is 1. The van der Waals surface area contributed by atoms with Gasteiger partial charge in [0.2, 0.25) is 5.91 Å². The highest BCUT2D eigenvalue weighted by atomic mass is 16.5. The van der Waals surface area contributed by atoms with Gasteiger partial charge >= 0.3 is 5.97 Å². The summed E-state index contributed by atoms with van der Waals surface area (Å²) in [4.78, 5) is 39.6. The highest BCUT2D eigenvalue weighted by Crippen LogP contribution is 2.43. The van der Waals surface area contributed by atoms with Crippen LogP contribution in [0, 0.1) is 11.8 Å². The molecule has 0 bridgehead atoms. The predicted molar refractivity (Wildman–Crippen MR) is 185 cm³/mol. The fourth-order valence-electron chi connectivity index (χ4n) is 6.53. The molecule has 0 unspecified atom stereocenters. The fourth-order valence-corrected chi connectivity index (χ4v) is 6.53. The van der Waals surface area contributed by atoms with Crippen LogP contribution in [-0.2, 0) is 37.5 Å². The van der Waals surface area contributed by atoms with E-state index in [-0.39, 0.29) is 42.3 Å². The third-order valence-electron chi connectivity index (χ3n) is 9.17. The summed E-state index contributed by atoms with van der Waals surface area (Å²) in [6.07, 6.45) is 2.74. The molecule has 0 aliphatic heterocycles. The van der Waals surface area contributed by atoms with Crippen LogP contribution in [0.25, 0.3) is 0 Å². The maximum Gasteiger partial charge on any atom is 0.310 e. The highest BCUT2D eigenvalue weighted by Gasteiger charge is 2.42. The van der Waals surface area contributed by atoms with Gasteiger partial charge in [-0.3, -0.25) is 14.4 Å². The van der Waals surface area contributed by atoms with E-state index in [2.05, 4.69) is 55.7 Å². The molecule has 0 aromatic heterocycles. The number of hydrogen-bond donors (Lipinski definition) is 2. The minimum atomic E-state index is -0.405. The minimum absolute atomic E-state index is 0.0248. The Balaban J connectivity index is 1.22. The number of para-hydroxylation sites is 2. The van der Waals surface area contributed by atoms with Crippen LogP contribution >= 0.6 is 0 Å². The van der Waals surface area contributed by atoms with Crippen molar-refractivity contribution in [2.45, 2.75) is 64.6 Å². The molecule has 2 amide bonds. The number of anilines is 2. The first-order chi connectivity index (χ1) is 22.7. The molecule has 1 aliphatic carbocycles. The summed E-state index contributed by atoms with van der Waals surface area (Å²) in [6, 6.07) is 34.1. The molecule has 3 atom stereocenters. The van der Waals surface area contributed by atoms with Crippen LogP contribution in [0.3, 0.4) is 0 Å². The lowest BCUT2D eigenvalue weighted by Crippen LogP contribution is -2.43. The third kappa shape index (κ3) is 8.95. The van der Waals surface area contributed by atoms with Gasteiger partial charge in [0, 0.05) is 11.6 Å². The summed E-state index contributed by atoms with van der Waals surface area (Å²) in [6.45, 7) is 6.86. The van der Waals surface area contributed by atoms with Crippen LogP contribution < -0.4 is 10.6 Å². The van der Waals surface area contributed by atoms with E-state index in [1.54, 1.807) is 30.3 Å². The van der Waals surface area contributed by atoms with Gasteiger partial charge in [0.05, 0.1) is 24.3 Å². The molecule has 7 heteroatoms. The van der Waals surface area contributed by atoms with Crippen molar-refractivity contribution in [2.75, 3.05) is 17.2 Å². The minimum Gasteiger partial charge on any atom is -0.462 e. The third-order valence-corrected chi connectivity index (χ3v) is 9.17. The number of amides is 2. The quantitative estimate of drug-likeness (QED) is 0.155. The number of nitrogens with one attached hydrogen (secondary N) is 2. The second kappa shape index (κ2) is 15.7. The van der Waals surface area contributed by atoms with Crippen LogP contribution in [0.2, 0.25) is 0 Å². The molecular weight excluding hydrogens is 588 g/mol. The summed E-state index contributed by atoms with van der Waals surface area (Å²) in [7, 11) is 0. The lowest BCUT2D eigenvalue weighted by Gasteiger charge is -2.44. The highest BCUT2D eigenvalue weighted by molar-refractivity contribution is 6.10. The first-order valence-electron chi connectivity index (χ1n) is 16.4. The van der Waals surface area contributed by atoms with Gasteiger partial charge in [-0.25, -0.2) is 0 Å². The van der Waals surface area contributed by atoms with Crippen LogP contribution in [0.1, 0.15) is 67.1 Å². The Labute approximate surface area is 277 Å². The molecule has 244 valence electrons. The molecule has 47 heavy (non-hydrogen) atoms. The molecule has 1 aliphatic rings. The number of carbonyl (C=O) groups is 3. The van der Waals surface area contributed by atoms with Gasteiger partial charge in [-0.1, -0.05) is 118 Å². The number of benzene rings is 4. The van der Waals surface area contributed by atoms with Crippen LogP contribution in [0.5, 0.6) is 0 Å². The van der Waals surface area contributed by atoms with Gasteiger partial charge in [0.15, 0.2) is 0 Å². The second-order valence-corrected chi connectivity index (χ2v) is 13.0. The second-order valence-electron chi connectivity index (χ2n) is 13.0. The van der Waals surface area contributed by atoms with Gasteiger partial charge in [0.1, 0.15) is 12.7 Å². The van der Waals surface area contributed by atoms with Crippen molar-refractivity contribution in [3.05, 3.63) is 131 Å². The Morgan fingerprint density at radius 1 is 0.766 bits per heavy atom. The van der Waals surface area contributed by atoms with E-state index in [4.69, 9.17) is 9.47 Å². The van der Waals surface area contributed by atoms with E-state index in [9.17, 15) is 14.4 Å². The number of hydrogen-bond acceptors (Lipinski definition) is 5. The maximum atomic E-state index is 13.5. The summed E-state index contributed by atoms with van der Waals surface area (Å²) >= 11 is 0. The average molecular weight is 633 g/mol. The largest absolute Gasteiger partial charge is 0.462 e. The van der Waals surface area contributed by atoms with Crippen molar-refractivity contribution in [3.63, 3.8) is 0 Å². The Morgan fingerprint density at radius 3 is 2.15 bits per heavy atom. The summed E-state index contributed by atoms with van der Waals surface area (Å²) < 4.78 is 11.8. The van der Waals surface area contributed by atoms with Gasteiger partial charge in [-0.2, -0.15) is 0 Å². The van der Waals surface area contributed by atoms with Crippen molar-refractivity contribution >= 4 is 29.2 Å². The Bertz CT molecular complexity index is 1650. The zero-order valence-corrected chi connectivity index (χ0v) is 27.4. The topological polar surface area (TPSA) is 93.7 Å². The van der Waals surface area contributed by atoms with Gasteiger partial charge in [-0.15, -0.1) is 0 Å². The molecule has 4 aromatic rings. The van der Waals surface area contributed by atoms with E-state index >= 15 is 0 Å². The number of ether oxygens (including phenoxy) is 2. The van der Waals surface area contributed by atoms with Crippen molar-refractivity contribution in [2.24, 2.45) is 11.8 Å². The van der Waals surface area contributed by atoms with E-state index in [1.807, 2.05) is 54.6 Å². The lowest BCUT2D eigenvalue weighted by atomic mass is 9.64. The summed E-state index contributed by atoms with van der Waals surface area (Å²) in [5, 5.41) is 5.73. The summed E-state index contributed by atoms with van der Waals surface area (Å²) in [5.74, 6) is -0.427. The van der Waals surface area contributed by atoms with E-state index in [0.29, 0.717) is 35.0 Å². The Hall–Kier alpha value is -4.75. The van der Waals surface area contributed by atoms with Crippen LogP contribution in [-0.4, -0.2) is 30.5 Å². The molecule has 0 radical (unpaired) electrons. The van der Waals surface area contributed by atoms with E-state index < -0.39 is 5.91 Å². The van der Waals surface area contributed by atoms with Crippen molar-refractivity contribution in [3.8, 4) is 0 Å². The molecule has 2 N–H and O–H groups in total. The molecule has 0 saturated heterocycles. The molecular formula is C40H44N2O5. The normalized spacial score (nSPS) is 17.8. The molecule has 5 rings (SSSR count). The smallest absolute Gasteiger partial charge is 0.310 e. The molecule has 1 saturated carbocycles. The Kier molecular flexibility index (Phi) is 11.2. The van der Waals surface area contributed by atoms with E-state index in [1.165, 1.54) is 5.56 Å². The molecule has 0 spiro atoms. The van der Waals surface area contributed by atoms with Crippen molar-refractivity contribution in [1.29, 1.82) is 0 Å². The Morgan fingerprint density at radius 2 is 1.40 bits per heavy atom. The van der Waals surface area contributed by atoms with Gasteiger partial charge in [-0.05, 0) is 59.1 Å². The molecule has 7 nitrogen and oxygen atoms in total. The number of carbonyl (C=O) groups excluding carboxylic acids is 3. The first-order valence-corrected chi connectivity index (χ1v) is 16.4. The van der Waals surface area contributed by atoms with E-state index in [0.717, 1.165) is 24.8 Å². The standard InChI is InChI=1S/C40H44N2O5/c1-28-22-23-33(40(2,3)31-17-8-5-9-18-31)36(24-28)47-38(44)25-30-16-10-12-20-34(30)42-39(45)32-19-11-13-21-35(32)41-37(43)27-46-26-29-14-6-4-7-15-29/h4-21,28,33,36H,22-27H2,1-3H3,(H,41,43)(H,42,45)/t28-,33-,36-/m1/s1. The fraction of sp³-hybridized carbons (Fsp3) is 0.325. The van der Waals surface area contributed by atoms with Crippen LogP contribution in [0.4, 0.5) is 11.4 Å². The van der Waals surface area contributed by atoms with Crippen molar-refractivity contribution in [1.82, 2.24) is 0 Å². The molecule has 4 aromatic carbocycles. The zero-order valence-electron chi connectivity index (χ0n) is 27.4. The first kappa shape index (κ1) is 33.6. The maximum absolute atomic E-state index is 13.5. The number of rotatable bonds is 12. The van der Waals surface area contributed by atoms with Gasteiger partial charge < -0.3 is 20.1 Å². The summed E-state index contributed by atoms with van der Waals surface area (Å²) in [5.41, 5.74) is 3.88. The van der Waals surface area contributed by atoms with Gasteiger partial charge in [0.25, 0.3) is 5.91 Å². The average Bonchev–Trinajstić information content (AvgIpc) is 3.06. The zero-order chi connectivity index (χ0) is 33.2. The molecule has 1 fully saturated rings. The predicted octanol–water partition coefficient (Wildman–Crippen LogP) is 7.96. The lowest BCUT2D eigenvalue weighted by molar-refractivity contribution is -0.155. The SMILES string of the molecule is C[C@@H]1CC[C@@H](C(C)(C)c2ccccc2)[C@H](OC(=O)Cc2ccccc2NC(=O)c2ccccc2NC(=O)COCc2ccccc2)C1. The van der Waals surface area contributed by atoms with Crippen molar-refractivity contribution < 1.29 is 23.9 Å². The van der Waals surface area contributed by atoms with Crippen LogP contribution in [0.15, 0.2) is 109 Å².